The van der Waals surface area contributed by atoms with E-state index in [4.69, 9.17) is 9.15 Å². The molecule has 21 heavy (non-hydrogen) atoms. The summed E-state index contributed by atoms with van der Waals surface area (Å²) >= 11 is 0. The van der Waals surface area contributed by atoms with Gasteiger partial charge in [-0.05, 0) is 31.1 Å². The second-order valence-electron chi connectivity index (χ2n) is 6.47. The quantitative estimate of drug-likeness (QED) is 0.920. The Balaban J connectivity index is 1.70. The first-order chi connectivity index (χ1) is 10.2. The van der Waals surface area contributed by atoms with Gasteiger partial charge in [-0.25, -0.2) is 4.98 Å². The highest BCUT2D eigenvalue weighted by molar-refractivity contribution is 4.97. The molecular formula is C16H26N2O3. The van der Waals surface area contributed by atoms with E-state index in [0.29, 0.717) is 12.0 Å². The third-order valence-corrected chi connectivity index (χ3v) is 5.12. The molecule has 0 bridgehead atoms. The van der Waals surface area contributed by atoms with Gasteiger partial charge in [-0.1, -0.05) is 6.92 Å². The van der Waals surface area contributed by atoms with Gasteiger partial charge in [0.15, 0.2) is 0 Å². The van der Waals surface area contributed by atoms with E-state index in [1.54, 1.807) is 0 Å². The van der Waals surface area contributed by atoms with Gasteiger partial charge in [0.1, 0.15) is 5.76 Å². The van der Waals surface area contributed by atoms with Crippen LogP contribution in [0.3, 0.4) is 0 Å². The molecule has 0 aliphatic carbocycles. The molecular weight excluding hydrogens is 268 g/mol. The molecule has 1 aromatic heterocycles. The predicted molar refractivity (Wildman–Crippen MR) is 78.9 cm³/mol. The molecule has 2 aliphatic heterocycles. The zero-order chi connectivity index (χ0) is 14.7. The number of hydrogen-bond acceptors (Lipinski definition) is 5. The zero-order valence-electron chi connectivity index (χ0n) is 12.9. The Labute approximate surface area is 126 Å². The van der Waals surface area contributed by atoms with E-state index in [0.717, 1.165) is 57.1 Å². The van der Waals surface area contributed by atoms with E-state index in [1.165, 1.54) is 6.42 Å². The van der Waals surface area contributed by atoms with Crippen molar-refractivity contribution < 1.29 is 14.3 Å². The molecule has 1 N–H and O–H groups in total. The lowest BCUT2D eigenvalue weighted by Gasteiger charge is -2.48. The Morgan fingerprint density at radius 1 is 1.38 bits per heavy atom. The molecule has 1 unspecified atom stereocenters. The lowest BCUT2D eigenvalue weighted by molar-refractivity contribution is -0.0570. The number of piperidine rings is 1. The third-order valence-electron chi connectivity index (χ3n) is 5.12. The fourth-order valence-electron chi connectivity index (χ4n) is 3.66. The van der Waals surface area contributed by atoms with Crippen molar-refractivity contribution in [3.05, 3.63) is 17.8 Å². The summed E-state index contributed by atoms with van der Waals surface area (Å²) in [4.78, 5) is 6.73. The average Bonchev–Trinajstić information content (AvgIpc) is 2.96. The Kier molecular flexibility index (Phi) is 4.62. The summed E-state index contributed by atoms with van der Waals surface area (Å²) in [5.41, 5.74) is 0.365. The van der Waals surface area contributed by atoms with Crippen LogP contribution in [0.1, 0.15) is 44.3 Å². The van der Waals surface area contributed by atoms with Crippen LogP contribution in [0.2, 0.25) is 0 Å². The summed E-state index contributed by atoms with van der Waals surface area (Å²) < 4.78 is 11.3. The normalized spacial score (nSPS) is 26.3. The number of aliphatic hydroxyl groups excluding tert-OH is 1. The fourth-order valence-corrected chi connectivity index (χ4v) is 3.66. The lowest BCUT2D eigenvalue weighted by Crippen LogP contribution is -2.51. The van der Waals surface area contributed by atoms with Crippen molar-refractivity contribution >= 4 is 0 Å². The SMILES string of the molecule is CCc1cnc(CN2CC3(CCOCC3)CCC2CO)o1. The van der Waals surface area contributed by atoms with Gasteiger partial charge < -0.3 is 14.3 Å². The van der Waals surface area contributed by atoms with E-state index >= 15 is 0 Å². The maximum absolute atomic E-state index is 9.66. The van der Waals surface area contributed by atoms with Crippen LogP contribution in [-0.4, -0.2) is 47.4 Å². The molecule has 2 aliphatic rings. The summed E-state index contributed by atoms with van der Waals surface area (Å²) in [6.07, 6.45) is 7.21. The smallest absolute Gasteiger partial charge is 0.208 e. The Morgan fingerprint density at radius 3 is 2.86 bits per heavy atom. The number of nitrogens with zero attached hydrogens (tertiary/aromatic N) is 2. The molecule has 2 saturated heterocycles. The van der Waals surface area contributed by atoms with Crippen molar-refractivity contribution in [2.45, 2.75) is 51.6 Å². The van der Waals surface area contributed by atoms with Gasteiger partial charge in [-0.15, -0.1) is 0 Å². The Hall–Kier alpha value is -0.910. The van der Waals surface area contributed by atoms with Crippen molar-refractivity contribution in [2.24, 2.45) is 5.41 Å². The zero-order valence-corrected chi connectivity index (χ0v) is 12.9. The highest BCUT2D eigenvalue weighted by Gasteiger charge is 2.40. The van der Waals surface area contributed by atoms with Crippen molar-refractivity contribution in [3.63, 3.8) is 0 Å². The highest BCUT2D eigenvalue weighted by Crippen LogP contribution is 2.41. The van der Waals surface area contributed by atoms with E-state index in [9.17, 15) is 5.11 Å². The van der Waals surface area contributed by atoms with E-state index < -0.39 is 0 Å². The second kappa shape index (κ2) is 6.46. The van der Waals surface area contributed by atoms with Gasteiger partial charge in [-0.2, -0.15) is 0 Å². The molecule has 118 valence electrons. The number of hydrogen-bond donors (Lipinski definition) is 1. The van der Waals surface area contributed by atoms with Crippen molar-refractivity contribution in [2.75, 3.05) is 26.4 Å². The first-order valence-electron chi connectivity index (χ1n) is 8.11. The van der Waals surface area contributed by atoms with E-state index in [1.807, 2.05) is 6.20 Å². The molecule has 0 saturated carbocycles. The summed E-state index contributed by atoms with van der Waals surface area (Å²) in [5.74, 6) is 1.71. The average molecular weight is 294 g/mol. The molecule has 5 nitrogen and oxygen atoms in total. The molecule has 0 radical (unpaired) electrons. The number of aromatic nitrogens is 1. The monoisotopic (exact) mass is 294 g/mol. The molecule has 5 heteroatoms. The van der Waals surface area contributed by atoms with Gasteiger partial charge in [-0.3, -0.25) is 4.90 Å². The molecule has 0 amide bonds. The van der Waals surface area contributed by atoms with Crippen LogP contribution in [0.5, 0.6) is 0 Å². The minimum Gasteiger partial charge on any atom is -0.444 e. The molecule has 1 atom stereocenters. The Bertz CT molecular complexity index is 454. The van der Waals surface area contributed by atoms with Gasteiger partial charge in [0.2, 0.25) is 5.89 Å². The lowest BCUT2D eigenvalue weighted by atomic mass is 9.72. The minimum atomic E-state index is 0.216. The standard InChI is InChI=1S/C16H26N2O3/c1-2-14-9-17-15(21-14)10-18-12-16(4-3-13(18)11-19)5-7-20-8-6-16/h9,13,19H,2-8,10-12H2,1H3. The third kappa shape index (κ3) is 3.30. The molecule has 2 fully saturated rings. The minimum absolute atomic E-state index is 0.216. The summed E-state index contributed by atoms with van der Waals surface area (Å²) in [6, 6.07) is 0.232. The predicted octanol–water partition coefficient (Wildman–Crippen LogP) is 1.99. The summed E-state index contributed by atoms with van der Waals surface area (Å²) in [7, 11) is 0. The Morgan fingerprint density at radius 2 is 2.19 bits per heavy atom. The first-order valence-corrected chi connectivity index (χ1v) is 8.11. The second-order valence-corrected chi connectivity index (χ2v) is 6.47. The largest absolute Gasteiger partial charge is 0.444 e. The topological polar surface area (TPSA) is 58.7 Å². The fraction of sp³-hybridized carbons (Fsp3) is 0.812. The number of oxazole rings is 1. The number of rotatable bonds is 4. The van der Waals surface area contributed by atoms with Gasteiger partial charge in [0.25, 0.3) is 0 Å². The van der Waals surface area contributed by atoms with Crippen LogP contribution < -0.4 is 0 Å². The van der Waals surface area contributed by atoms with E-state index in [-0.39, 0.29) is 12.6 Å². The summed E-state index contributed by atoms with van der Waals surface area (Å²) in [6.45, 7) is 5.75. The van der Waals surface area contributed by atoms with Crippen LogP contribution in [0.15, 0.2) is 10.6 Å². The molecule has 3 rings (SSSR count). The van der Waals surface area contributed by atoms with Gasteiger partial charge in [0.05, 0.1) is 19.3 Å². The van der Waals surface area contributed by atoms with Crippen LogP contribution in [0.4, 0.5) is 0 Å². The van der Waals surface area contributed by atoms with Gasteiger partial charge in [0, 0.05) is 32.2 Å². The van der Waals surface area contributed by atoms with Crippen molar-refractivity contribution in [1.82, 2.24) is 9.88 Å². The first kappa shape index (κ1) is 15.0. The number of aryl methyl sites for hydroxylation is 1. The van der Waals surface area contributed by atoms with E-state index in [2.05, 4.69) is 16.8 Å². The molecule has 1 spiro atoms. The summed E-state index contributed by atoms with van der Waals surface area (Å²) in [5, 5.41) is 9.66. The van der Waals surface area contributed by atoms with Crippen LogP contribution in [0, 0.1) is 5.41 Å². The van der Waals surface area contributed by atoms with Crippen LogP contribution in [-0.2, 0) is 17.7 Å². The number of likely N-dealkylation sites (tertiary alicyclic amines) is 1. The maximum atomic E-state index is 9.66. The van der Waals surface area contributed by atoms with Gasteiger partial charge >= 0.3 is 0 Å². The molecule has 3 heterocycles. The molecule has 1 aromatic rings. The van der Waals surface area contributed by atoms with Crippen molar-refractivity contribution in [1.29, 1.82) is 0 Å². The number of ether oxygens (including phenoxy) is 1. The maximum Gasteiger partial charge on any atom is 0.208 e. The highest BCUT2D eigenvalue weighted by atomic mass is 16.5. The van der Waals surface area contributed by atoms with Crippen LogP contribution in [0.25, 0.3) is 0 Å². The molecule has 0 aromatic carbocycles. The number of aliphatic hydroxyl groups is 1. The van der Waals surface area contributed by atoms with Crippen molar-refractivity contribution in [3.8, 4) is 0 Å². The van der Waals surface area contributed by atoms with Crippen LogP contribution >= 0.6 is 0 Å².